The lowest BCUT2D eigenvalue weighted by atomic mass is 10.1. The summed E-state index contributed by atoms with van der Waals surface area (Å²) in [5.74, 6) is 0. The minimum Gasteiger partial charge on any atom is -0.383 e. The predicted octanol–water partition coefficient (Wildman–Crippen LogP) is 3.42. The van der Waals surface area contributed by atoms with Gasteiger partial charge < -0.3 is 15.0 Å². The van der Waals surface area contributed by atoms with Gasteiger partial charge in [0, 0.05) is 42.9 Å². The van der Waals surface area contributed by atoms with Crippen LogP contribution in [-0.2, 0) is 11.3 Å². The Hall–Kier alpha value is -0.580. The molecule has 0 bridgehead atoms. The van der Waals surface area contributed by atoms with E-state index in [1.807, 2.05) is 0 Å². The number of ether oxygens (including phenoxy) is 1. The standard InChI is InChI=1S/C15H25BrN2O/c1-11(2)17-9-13-6-7-14(8-15(13)16)18(4)12(3)10-19-5/h6-8,11-12,17H,9-10H2,1-5H3. The van der Waals surface area contributed by atoms with Crippen molar-refractivity contribution in [1.29, 1.82) is 0 Å². The summed E-state index contributed by atoms with van der Waals surface area (Å²) in [5, 5.41) is 3.43. The van der Waals surface area contributed by atoms with Crippen molar-refractivity contribution < 1.29 is 4.74 Å². The van der Waals surface area contributed by atoms with Crippen molar-refractivity contribution in [3.8, 4) is 0 Å². The highest BCUT2D eigenvalue weighted by atomic mass is 79.9. The molecule has 1 N–H and O–H groups in total. The summed E-state index contributed by atoms with van der Waals surface area (Å²) >= 11 is 3.66. The Bertz CT molecular complexity index is 396. The summed E-state index contributed by atoms with van der Waals surface area (Å²) in [5.41, 5.74) is 2.48. The molecule has 3 nitrogen and oxygen atoms in total. The Morgan fingerprint density at radius 3 is 2.53 bits per heavy atom. The lowest BCUT2D eigenvalue weighted by Gasteiger charge is -2.27. The number of benzene rings is 1. The van der Waals surface area contributed by atoms with Crippen molar-refractivity contribution in [3.63, 3.8) is 0 Å². The highest BCUT2D eigenvalue weighted by Gasteiger charge is 2.11. The molecule has 108 valence electrons. The van der Waals surface area contributed by atoms with Crippen LogP contribution in [0.1, 0.15) is 26.3 Å². The molecule has 0 saturated heterocycles. The number of rotatable bonds is 7. The van der Waals surface area contributed by atoms with Crippen LogP contribution in [0.3, 0.4) is 0 Å². The van der Waals surface area contributed by atoms with Gasteiger partial charge in [0.1, 0.15) is 0 Å². The molecule has 0 heterocycles. The van der Waals surface area contributed by atoms with Crippen molar-refractivity contribution in [3.05, 3.63) is 28.2 Å². The van der Waals surface area contributed by atoms with Gasteiger partial charge in [-0.05, 0) is 24.6 Å². The average molecular weight is 329 g/mol. The average Bonchev–Trinajstić information content (AvgIpc) is 2.36. The first-order valence-corrected chi connectivity index (χ1v) is 7.48. The van der Waals surface area contributed by atoms with Crippen LogP contribution in [0.25, 0.3) is 0 Å². The highest BCUT2D eigenvalue weighted by molar-refractivity contribution is 9.10. The maximum atomic E-state index is 5.20. The SMILES string of the molecule is COCC(C)N(C)c1ccc(CNC(C)C)c(Br)c1. The summed E-state index contributed by atoms with van der Waals surface area (Å²) in [6.07, 6.45) is 0. The van der Waals surface area contributed by atoms with Crippen LogP contribution in [0.2, 0.25) is 0 Å². The van der Waals surface area contributed by atoms with Gasteiger partial charge in [0.25, 0.3) is 0 Å². The fourth-order valence-corrected chi connectivity index (χ4v) is 2.33. The second-order valence-corrected chi connectivity index (χ2v) is 6.08. The van der Waals surface area contributed by atoms with E-state index in [0.717, 1.165) is 17.6 Å². The first-order valence-electron chi connectivity index (χ1n) is 6.69. The number of anilines is 1. The molecule has 0 aromatic heterocycles. The summed E-state index contributed by atoms with van der Waals surface area (Å²) in [6.45, 7) is 8.08. The maximum Gasteiger partial charge on any atom is 0.0663 e. The number of nitrogens with zero attached hydrogens (tertiary/aromatic N) is 1. The number of nitrogens with one attached hydrogen (secondary N) is 1. The molecule has 19 heavy (non-hydrogen) atoms. The molecule has 4 heteroatoms. The molecule has 0 aliphatic carbocycles. The molecular weight excluding hydrogens is 304 g/mol. The Morgan fingerprint density at radius 1 is 1.32 bits per heavy atom. The second kappa shape index (κ2) is 7.88. The van der Waals surface area contributed by atoms with Crippen molar-refractivity contribution in [1.82, 2.24) is 5.32 Å². The van der Waals surface area contributed by atoms with Gasteiger partial charge in [-0.25, -0.2) is 0 Å². The Kier molecular flexibility index (Phi) is 6.83. The van der Waals surface area contributed by atoms with Crippen LogP contribution in [-0.4, -0.2) is 32.8 Å². The lowest BCUT2D eigenvalue weighted by molar-refractivity contribution is 0.183. The molecule has 0 fully saturated rings. The second-order valence-electron chi connectivity index (χ2n) is 5.23. The Morgan fingerprint density at radius 2 is 2.00 bits per heavy atom. The first-order chi connectivity index (χ1) is 8.95. The zero-order valence-corrected chi connectivity index (χ0v) is 14.1. The number of hydrogen-bond donors (Lipinski definition) is 1. The molecule has 0 spiro atoms. The number of methoxy groups -OCH3 is 1. The predicted molar refractivity (Wildman–Crippen MR) is 85.9 cm³/mol. The van der Waals surface area contributed by atoms with E-state index in [0.29, 0.717) is 12.1 Å². The molecule has 0 radical (unpaired) electrons. The molecule has 1 atom stereocenters. The Labute approximate surface area is 125 Å². The quantitative estimate of drug-likeness (QED) is 0.830. The lowest BCUT2D eigenvalue weighted by Crippen LogP contribution is -2.32. The van der Waals surface area contributed by atoms with Gasteiger partial charge in [0.2, 0.25) is 0 Å². The number of likely N-dealkylation sites (N-methyl/N-ethyl adjacent to an activating group) is 1. The van der Waals surface area contributed by atoms with Gasteiger partial charge in [-0.2, -0.15) is 0 Å². The maximum absolute atomic E-state index is 5.20. The fraction of sp³-hybridized carbons (Fsp3) is 0.600. The zero-order chi connectivity index (χ0) is 14.4. The minimum absolute atomic E-state index is 0.358. The molecule has 1 aromatic rings. The third-order valence-corrected chi connectivity index (χ3v) is 3.95. The van der Waals surface area contributed by atoms with Gasteiger partial charge in [0.05, 0.1) is 6.61 Å². The van der Waals surface area contributed by atoms with Crippen LogP contribution >= 0.6 is 15.9 Å². The fourth-order valence-electron chi connectivity index (χ4n) is 1.82. The van der Waals surface area contributed by atoms with E-state index in [-0.39, 0.29) is 0 Å². The molecule has 0 amide bonds. The molecule has 1 aromatic carbocycles. The van der Waals surface area contributed by atoms with E-state index in [9.17, 15) is 0 Å². The van der Waals surface area contributed by atoms with Gasteiger partial charge in [0.15, 0.2) is 0 Å². The molecule has 1 rings (SSSR count). The van der Waals surface area contributed by atoms with Gasteiger partial charge >= 0.3 is 0 Å². The summed E-state index contributed by atoms with van der Waals surface area (Å²) in [7, 11) is 3.83. The number of hydrogen-bond acceptors (Lipinski definition) is 3. The van der Waals surface area contributed by atoms with E-state index >= 15 is 0 Å². The van der Waals surface area contributed by atoms with Crippen molar-refractivity contribution in [2.75, 3.05) is 25.7 Å². The topological polar surface area (TPSA) is 24.5 Å². The van der Waals surface area contributed by atoms with Gasteiger partial charge in [-0.3, -0.25) is 0 Å². The molecular formula is C15H25BrN2O. The molecule has 0 aliphatic heterocycles. The highest BCUT2D eigenvalue weighted by Crippen LogP contribution is 2.24. The Balaban J connectivity index is 2.75. The summed E-state index contributed by atoms with van der Waals surface area (Å²) < 4.78 is 6.35. The zero-order valence-electron chi connectivity index (χ0n) is 12.5. The van der Waals surface area contributed by atoms with E-state index < -0.39 is 0 Å². The monoisotopic (exact) mass is 328 g/mol. The largest absolute Gasteiger partial charge is 0.383 e. The number of halogens is 1. The van der Waals surface area contributed by atoms with E-state index in [4.69, 9.17) is 4.74 Å². The minimum atomic E-state index is 0.358. The third-order valence-electron chi connectivity index (χ3n) is 3.21. The van der Waals surface area contributed by atoms with E-state index in [1.165, 1.54) is 11.3 Å². The van der Waals surface area contributed by atoms with Crippen molar-refractivity contribution in [2.45, 2.75) is 39.4 Å². The van der Waals surface area contributed by atoms with Crippen LogP contribution in [0.15, 0.2) is 22.7 Å². The summed E-state index contributed by atoms with van der Waals surface area (Å²) in [6, 6.07) is 7.36. The van der Waals surface area contributed by atoms with Gasteiger partial charge in [-0.15, -0.1) is 0 Å². The smallest absolute Gasteiger partial charge is 0.0663 e. The molecule has 0 saturated carbocycles. The van der Waals surface area contributed by atoms with E-state index in [1.54, 1.807) is 7.11 Å². The van der Waals surface area contributed by atoms with Crippen LogP contribution < -0.4 is 10.2 Å². The van der Waals surface area contributed by atoms with Gasteiger partial charge in [-0.1, -0.05) is 35.8 Å². The molecule has 0 aliphatic rings. The van der Waals surface area contributed by atoms with Crippen LogP contribution in [0.4, 0.5) is 5.69 Å². The van der Waals surface area contributed by atoms with Crippen LogP contribution in [0, 0.1) is 0 Å². The third kappa shape index (κ3) is 5.13. The van der Waals surface area contributed by atoms with Crippen LogP contribution in [0.5, 0.6) is 0 Å². The summed E-state index contributed by atoms with van der Waals surface area (Å²) in [4.78, 5) is 2.23. The first kappa shape index (κ1) is 16.5. The molecule has 1 unspecified atom stereocenters. The van der Waals surface area contributed by atoms with Crippen molar-refractivity contribution >= 4 is 21.6 Å². The normalized spacial score (nSPS) is 12.8. The van der Waals surface area contributed by atoms with Crippen molar-refractivity contribution in [2.24, 2.45) is 0 Å². The van der Waals surface area contributed by atoms with E-state index in [2.05, 4.69) is 72.2 Å².